The lowest BCUT2D eigenvalue weighted by molar-refractivity contribution is -0.188. The summed E-state index contributed by atoms with van der Waals surface area (Å²) < 4.78 is 38.5. The summed E-state index contributed by atoms with van der Waals surface area (Å²) in [4.78, 5) is 13.6. The molecule has 21 heavy (non-hydrogen) atoms. The number of rotatable bonds is 5. The van der Waals surface area contributed by atoms with Crippen molar-refractivity contribution in [2.45, 2.75) is 11.1 Å². The molecule has 1 aliphatic rings. The normalized spacial score (nSPS) is 23.4. The molecule has 1 fully saturated rings. The summed E-state index contributed by atoms with van der Waals surface area (Å²) in [5.41, 5.74) is 0. The standard InChI is InChI=1S/C14H16F3NO2S/c15-14(16,17)12-9-18(8-11(12)13(19)20)6-7-21-10-4-2-1-3-5-10/h1-5,11-12H,6-9H2,(H,19,20)/t11-,12-/m1/s1. The second-order valence-corrected chi connectivity index (χ2v) is 6.18. The summed E-state index contributed by atoms with van der Waals surface area (Å²) in [6.45, 7) is 0.195. The van der Waals surface area contributed by atoms with Gasteiger partial charge >= 0.3 is 12.1 Å². The molecule has 0 radical (unpaired) electrons. The van der Waals surface area contributed by atoms with Crippen molar-refractivity contribution in [1.29, 1.82) is 0 Å². The zero-order valence-corrected chi connectivity index (χ0v) is 12.0. The van der Waals surface area contributed by atoms with Gasteiger partial charge in [-0.1, -0.05) is 18.2 Å². The van der Waals surface area contributed by atoms with Gasteiger partial charge in [-0.2, -0.15) is 13.2 Å². The van der Waals surface area contributed by atoms with Crippen molar-refractivity contribution in [3.8, 4) is 0 Å². The van der Waals surface area contributed by atoms with Crippen LogP contribution in [0.25, 0.3) is 0 Å². The molecule has 0 aromatic heterocycles. The average molecular weight is 319 g/mol. The molecule has 1 N–H and O–H groups in total. The fourth-order valence-electron chi connectivity index (χ4n) is 2.46. The summed E-state index contributed by atoms with van der Waals surface area (Å²) in [6.07, 6.45) is -4.45. The monoisotopic (exact) mass is 319 g/mol. The van der Waals surface area contributed by atoms with Crippen molar-refractivity contribution in [2.75, 3.05) is 25.4 Å². The van der Waals surface area contributed by atoms with Crippen LogP contribution < -0.4 is 0 Å². The van der Waals surface area contributed by atoms with Crippen LogP contribution in [0.2, 0.25) is 0 Å². The number of benzene rings is 1. The van der Waals surface area contributed by atoms with Crippen molar-refractivity contribution in [2.24, 2.45) is 11.8 Å². The number of carbonyl (C=O) groups is 1. The number of hydrogen-bond acceptors (Lipinski definition) is 3. The molecule has 0 saturated carbocycles. The molecule has 2 rings (SSSR count). The lowest BCUT2D eigenvalue weighted by atomic mass is 9.96. The minimum Gasteiger partial charge on any atom is -0.481 e. The van der Waals surface area contributed by atoms with Crippen molar-refractivity contribution in [3.05, 3.63) is 30.3 Å². The second-order valence-electron chi connectivity index (χ2n) is 5.01. The zero-order chi connectivity index (χ0) is 15.5. The molecule has 1 aromatic carbocycles. The summed E-state index contributed by atoms with van der Waals surface area (Å²) in [5.74, 6) is -3.85. The highest BCUT2D eigenvalue weighted by molar-refractivity contribution is 7.99. The molecule has 1 aliphatic heterocycles. The van der Waals surface area contributed by atoms with E-state index in [1.807, 2.05) is 30.3 Å². The average Bonchev–Trinajstić information content (AvgIpc) is 2.84. The number of hydrogen-bond donors (Lipinski definition) is 1. The van der Waals surface area contributed by atoms with Crippen LogP contribution in [0, 0.1) is 11.8 Å². The molecular formula is C14H16F3NO2S. The van der Waals surface area contributed by atoms with Gasteiger partial charge in [0.2, 0.25) is 0 Å². The van der Waals surface area contributed by atoms with E-state index >= 15 is 0 Å². The fourth-order valence-corrected chi connectivity index (χ4v) is 3.39. The van der Waals surface area contributed by atoms with Crippen molar-refractivity contribution in [3.63, 3.8) is 0 Å². The van der Waals surface area contributed by atoms with Crippen molar-refractivity contribution in [1.82, 2.24) is 4.90 Å². The quantitative estimate of drug-likeness (QED) is 0.847. The van der Waals surface area contributed by atoms with E-state index in [-0.39, 0.29) is 13.1 Å². The molecule has 116 valence electrons. The lowest BCUT2D eigenvalue weighted by Gasteiger charge is -2.18. The van der Waals surface area contributed by atoms with Gasteiger partial charge in [0.05, 0.1) is 11.8 Å². The van der Waals surface area contributed by atoms with Crippen molar-refractivity contribution >= 4 is 17.7 Å². The van der Waals surface area contributed by atoms with Gasteiger partial charge in [-0.05, 0) is 12.1 Å². The minimum absolute atomic E-state index is 0.0329. The Morgan fingerprint density at radius 2 is 1.95 bits per heavy atom. The molecule has 0 spiro atoms. The highest BCUT2D eigenvalue weighted by Gasteiger charge is 2.52. The Bertz CT molecular complexity index is 481. The number of halogens is 3. The number of likely N-dealkylation sites (tertiary alicyclic amines) is 1. The first-order valence-corrected chi connectivity index (χ1v) is 7.56. The van der Waals surface area contributed by atoms with E-state index in [2.05, 4.69) is 0 Å². The maximum atomic E-state index is 12.8. The third-order valence-corrected chi connectivity index (χ3v) is 4.54. The SMILES string of the molecule is O=C(O)[C@@H]1CN(CCSc2ccccc2)C[C@H]1C(F)(F)F. The van der Waals surface area contributed by atoms with E-state index < -0.39 is 24.0 Å². The van der Waals surface area contributed by atoms with E-state index in [0.717, 1.165) is 4.90 Å². The van der Waals surface area contributed by atoms with Crippen LogP contribution >= 0.6 is 11.8 Å². The molecule has 0 aliphatic carbocycles. The first kappa shape index (κ1) is 16.2. The van der Waals surface area contributed by atoms with E-state index in [0.29, 0.717) is 12.3 Å². The molecule has 1 heterocycles. The van der Waals surface area contributed by atoms with Crippen LogP contribution in [-0.2, 0) is 4.79 Å². The Kier molecular flexibility index (Phi) is 5.16. The third-order valence-electron chi connectivity index (χ3n) is 3.55. The molecule has 0 unspecified atom stereocenters. The fraction of sp³-hybridized carbons (Fsp3) is 0.500. The van der Waals surface area contributed by atoms with E-state index in [1.54, 1.807) is 16.7 Å². The molecule has 7 heteroatoms. The first-order chi connectivity index (χ1) is 9.88. The maximum Gasteiger partial charge on any atom is 0.393 e. The first-order valence-electron chi connectivity index (χ1n) is 6.57. The van der Waals surface area contributed by atoms with Crippen molar-refractivity contribution < 1.29 is 23.1 Å². The van der Waals surface area contributed by atoms with E-state index in [9.17, 15) is 18.0 Å². The second kappa shape index (κ2) is 6.70. The third kappa shape index (κ3) is 4.38. The Labute approximate surface area is 125 Å². The van der Waals surface area contributed by atoms with Crippen LogP contribution in [0.4, 0.5) is 13.2 Å². The lowest BCUT2D eigenvalue weighted by Crippen LogP contribution is -2.33. The summed E-state index contributed by atoms with van der Waals surface area (Å²) in [5, 5.41) is 8.94. The number of carboxylic acids is 1. The van der Waals surface area contributed by atoms with Gasteiger partial charge in [0.25, 0.3) is 0 Å². The summed E-state index contributed by atoms with van der Waals surface area (Å²) >= 11 is 1.56. The van der Waals surface area contributed by atoms with Crippen LogP contribution in [0.5, 0.6) is 0 Å². The van der Waals surface area contributed by atoms with Gasteiger partial charge in [-0.15, -0.1) is 11.8 Å². The highest BCUT2D eigenvalue weighted by atomic mass is 32.2. The molecule has 3 nitrogen and oxygen atoms in total. The smallest absolute Gasteiger partial charge is 0.393 e. The Morgan fingerprint density at radius 3 is 2.48 bits per heavy atom. The van der Waals surface area contributed by atoms with Gasteiger partial charge in [0.1, 0.15) is 0 Å². The number of nitrogens with zero attached hydrogens (tertiary/aromatic N) is 1. The Balaban J connectivity index is 1.86. The minimum atomic E-state index is -4.45. The Morgan fingerprint density at radius 1 is 1.29 bits per heavy atom. The molecule has 0 amide bonds. The highest BCUT2D eigenvalue weighted by Crippen LogP contribution is 2.37. The van der Waals surface area contributed by atoms with Crippen LogP contribution in [-0.4, -0.2) is 47.5 Å². The molecule has 2 atom stereocenters. The summed E-state index contributed by atoms with van der Waals surface area (Å²) in [7, 11) is 0. The van der Waals surface area contributed by atoms with E-state index in [1.165, 1.54) is 0 Å². The largest absolute Gasteiger partial charge is 0.481 e. The van der Waals surface area contributed by atoms with Crippen LogP contribution in [0.3, 0.4) is 0 Å². The molecule has 0 bridgehead atoms. The summed E-state index contributed by atoms with van der Waals surface area (Å²) in [6, 6.07) is 9.58. The number of carboxylic acid groups (broad SMARTS) is 1. The van der Waals surface area contributed by atoms with Gasteiger partial charge in [-0.25, -0.2) is 0 Å². The Hall–Kier alpha value is -1.21. The zero-order valence-electron chi connectivity index (χ0n) is 11.2. The van der Waals surface area contributed by atoms with Gasteiger partial charge in [0, 0.05) is 30.3 Å². The van der Waals surface area contributed by atoms with Gasteiger partial charge in [0.15, 0.2) is 0 Å². The molecular weight excluding hydrogens is 303 g/mol. The maximum absolute atomic E-state index is 12.8. The predicted octanol–water partition coefficient (Wildman–Crippen LogP) is 2.97. The van der Waals surface area contributed by atoms with E-state index in [4.69, 9.17) is 5.11 Å². The van der Waals surface area contributed by atoms with Gasteiger partial charge in [-0.3, -0.25) is 4.79 Å². The van der Waals surface area contributed by atoms with Gasteiger partial charge < -0.3 is 10.0 Å². The molecule has 1 saturated heterocycles. The molecule has 1 aromatic rings. The van der Waals surface area contributed by atoms with Crippen LogP contribution in [0.1, 0.15) is 0 Å². The number of alkyl halides is 3. The number of thioether (sulfide) groups is 1. The van der Waals surface area contributed by atoms with Crippen LogP contribution in [0.15, 0.2) is 35.2 Å². The number of aliphatic carboxylic acids is 1. The predicted molar refractivity (Wildman–Crippen MR) is 74.3 cm³/mol. The topological polar surface area (TPSA) is 40.5 Å².